The lowest BCUT2D eigenvalue weighted by Gasteiger charge is -2.10. The molecule has 0 aliphatic carbocycles. The Morgan fingerprint density at radius 2 is 1.64 bits per heavy atom. The zero-order valence-electron chi connectivity index (χ0n) is 7.12. The van der Waals surface area contributed by atoms with Crippen molar-refractivity contribution in [3.05, 3.63) is 35.4 Å². The summed E-state index contributed by atoms with van der Waals surface area (Å²) in [5.41, 5.74) is -0.508. The van der Waals surface area contributed by atoms with Gasteiger partial charge in [-0.05, 0) is 17.7 Å². The van der Waals surface area contributed by atoms with E-state index in [1.807, 2.05) is 0 Å². The predicted octanol–water partition coefficient (Wildman–Crippen LogP) is 1.73. The van der Waals surface area contributed by atoms with E-state index < -0.39 is 24.5 Å². The Hall–Kier alpha value is -1.07. The zero-order valence-corrected chi connectivity index (χ0v) is 7.12. The number of rotatable bonds is 2. The van der Waals surface area contributed by atoms with Gasteiger partial charge in [0.2, 0.25) is 0 Å². The highest BCUT2D eigenvalue weighted by Gasteiger charge is 2.30. The summed E-state index contributed by atoms with van der Waals surface area (Å²) in [4.78, 5) is 0. The summed E-state index contributed by atoms with van der Waals surface area (Å²) in [6, 6.07) is 4.02. The maximum Gasteiger partial charge on any atom is 0.416 e. The minimum atomic E-state index is -4.37. The molecule has 2 nitrogen and oxygen atoms in total. The van der Waals surface area contributed by atoms with Gasteiger partial charge in [0.25, 0.3) is 0 Å². The summed E-state index contributed by atoms with van der Waals surface area (Å²) < 4.78 is 36.3. The molecule has 0 aliphatic heterocycles. The molecule has 0 aliphatic rings. The zero-order chi connectivity index (χ0) is 10.8. The van der Waals surface area contributed by atoms with E-state index in [4.69, 9.17) is 10.2 Å². The predicted molar refractivity (Wildman–Crippen MR) is 43.5 cm³/mol. The quantitative estimate of drug-likeness (QED) is 0.773. The molecule has 0 heterocycles. The molecule has 1 rings (SSSR count). The van der Waals surface area contributed by atoms with Gasteiger partial charge in [0.15, 0.2) is 0 Å². The molecule has 78 valence electrons. The maximum absolute atomic E-state index is 12.1. The van der Waals surface area contributed by atoms with Crippen LogP contribution < -0.4 is 0 Å². The highest BCUT2D eigenvalue weighted by molar-refractivity contribution is 5.25. The molecule has 1 aromatic carbocycles. The van der Waals surface area contributed by atoms with Gasteiger partial charge in [-0.1, -0.05) is 12.1 Å². The van der Waals surface area contributed by atoms with Gasteiger partial charge in [-0.25, -0.2) is 0 Å². The molecule has 0 aromatic heterocycles. The van der Waals surface area contributed by atoms with Gasteiger partial charge in [0, 0.05) is 0 Å². The fraction of sp³-hybridized carbons (Fsp3) is 0.333. The van der Waals surface area contributed by atoms with Crippen molar-refractivity contribution < 1.29 is 23.4 Å². The summed E-state index contributed by atoms with van der Waals surface area (Å²) in [5, 5.41) is 17.6. The third kappa shape index (κ3) is 2.46. The first-order valence-corrected chi connectivity index (χ1v) is 3.91. The lowest BCUT2D eigenvalue weighted by molar-refractivity contribution is -0.137. The molecule has 1 aromatic rings. The van der Waals surface area contributed by atoms with Gasteiger partial charge >= 0.3 is 6.18 Å². The van der Waals surface area contributed by atoms with Crippen LogP contribution in [0, 0.1) is 0 Å². The second-order valence-electron chi connectivity index (χ2n) is 2.82. The van der Waals surface area contributed by atoms with E-state index in [1.165, 1.54) is 0 Å². The molecule has 0 spiro atoms. The van der Waals surface area contributed by atoms with Crippen LogP contribution in [0.2, 0.25) is 0 Å². The topological polar surface area (TPSA) is 40.5 Å². The summed E-state index contributed by atoms with van der Waals surface area (Å²) in [7, 11) is 0. The standard InChI is InChI=1S/C9H9F3O2/c10-9(11,12)7-3-1-6(2-4-7)8(14)5-13/h1-4,8,13-14H,5H2/t8-/m1/s1. The molecule has 0 saturated carbocycles. The fourth-order valence-corrected chi connectivity index (χ4v) is 1.000. The van der Waals surface area contributed by atoms with Crippen LogP contribution in [-0.4, -0.2) is 16.8 Å². The van der Waals surface area contributed by atoms with Crippen LogP contribution in [0.25, 0.3) is 0 Å². The summed E-state index contributed by atoms with van der Waals surface area (Å²) in [6.45, 7) is -0.509. The van der Waals surface area contributed by atoms with Crippen LogP contribution in [0.4, 0.5) is 13.2 Å². The summed E-state index contributed by atoms with van der Waals surface area (Å²) in [5.74, 6) is 0. The fourth-order valence-electron chi connectivity index (χ4n) is 1.000. The van der Waals surface area contributed by atoms with Crippen molar-refractivity contribution in [1.82, 2.24) is 0 Å². The summed E-state index contributed by atoms with van der Waals surface area (Å²) in [6.07, 6.45) is -5.50. The van der Waals surface area contributed by atoms with Crippen molar-refractivity contribution in [2.24, 2.45) is 0 Å². The second-order valence-corrected chi connectivity index (χ2v) is 2.82. The number of benzene rings is 1. The van der Waals surface area contributed by atoms with E-state index in [9.17, 15) is 13.2 Å². The first-order chi connectivity index (χ1) is 6.45. The Balaban J connectivity index is 2.89. The van der Waals surface area contributed by atoms with Gasteiger partial charge in [-0.2, -0.15) is 13.2 Å². The molecule has 0 bridgehead atoms. The molecule has 5 heteroatoms. The molecule has 0 amide bonds. The molecule has 1 atom stereocenters. The Morgan fingerprint density at radius 1 is 1.14 bits per heavy atom. The average Bonchev–Trinajstić information content (AvgIpc) is 2.15. The van der Waals surface area contributed by atoms with E-state index in [0.717, 1.165) is 24.3 Å². The molecule has 0 unspecified atom stereocenters. The van der Waals surface area contributed by atoms with Gasteiger partial charge in [0.1, 0.15) is 6.10 Å². The maximum atomic E-state index is 12.1. The molecule has 0 radical (unpaired) electrons. The van der Waals surface area contributed by atoms with Crippen LogP contribution in [0.15, 0.2) is 24.3 Å². The third-order valence-electron chi connectivity index (χ3n) is 1.80. The Bertz CT molecular complexity index is 292. The third-order valence-corrected chi connectivity index (χ3v) is 1.80. The first-order valence-electron chi connectivity index (χ1n) is 3.91. The number of aliphatic hydroxyl groups is 2. The Labute approximate surface area is 78.6 Å². The number of hydrogen-bond acceptors (Lipinski definition) is 2. The average molecular weight is 206 g/mol. The van der Waals surface area contributed by atoms with Crippen molar-refractivity contribution in [2.45, 2.75) is 12.3 Å². The van der Waals surface area contributed by atoms with Gasteiger partial charge in [0.05, 0.1) is 12.2 Å². The van der Waals surface area contributed by atoms with Gasteiger partial charge in [-0.3, -0.25) is 0 Å². The number of hydrogen-bond donors (Lipinski definition) is 2. The number of alkyl halides is 3. The minimum Gasteiger partial charge on any atom is -0.393 e. The van der Waals surface area contributed by atoms with Crippen molar-refractivity contribution in [2.75, 3.05) is 6.61 Å². The lowest BCUT2D eigenvalue weighted by atomic mass is 10.1. The minimum absolute atomic E-state index is 0.264. The van der Waals surface area contributed by atoms with Gasteiger partial charge in [-0.15, -0.1) is 0 Å². The van der Waals surface area contributed by atoms with Crippen LogP contribution in [0.3, 0.4) is 0 Å². The highest BCUT2D eigenvalue weighted by atomic mass is 19.4. The normalized spacial score (nSPS) is 14.1. The SMILES string of the molecule is OC[C@@H](O)c1ccc(C(F)(F)F)cc1. The number of aliphatic hydroxyl groups excluding tert-OH is 2. The van der Waals surface area contributed by atoms with E-state index >= 15 is 0 Å². The van der Waals surface area contributed by atoms with Crippen molar-refractivity contribution in [3.63, 3.8) is 0 Å². The van der Waals surface area contributed by atoms with Gasteiger partial charge < -0.3 is 10.2 Å². The smallest absolute Gasteiger partial charge is 0.393 e. The van der Waals surface area contributed by atoms with Crippen LogP contribution in [-0.2, 0) is 6.18 Å². The first kappa shape index (κ1) is 11.0. The molecule has 2 N–H and O–H groups in total. The lowest BCUT2D eigenvalue weighted by Crippen LogP contribution is -2.06. The molecular formula is C9H9F3O2. The number of halogens is 3. The Morgan fingerprint density at radius 3 is 2.00 bits per heavy atom. The summed E-state index contributed by atoms with van der Waals surface area (Å²) >= 11 is 0. The van der Waals surface area contributed by atoms with Crippen LogP contribution >= 0.6 is 0 Å². The molecule has 0 fully saturated rings. The molecule has 14 heavy (non-hydrogen) atoms. The Kier molecular flexibility index (Phi) is 3.13. The van der Waals surface area contributed by atoms with Crippen LogP contribution in [0.1, 0.15) is 17.2 Å². The van der Waals surface area contributed by atoms with E-state index in [0.29, 0.717) is 0 Å². The van der Waals surface area contributed by atoms with Crippen LogP contribution in [0.5, 0.6) is 0 Å². The van der Waals surface area contributed by atoms with Crippen molar-refractivity contribution in [1.29, 1.82) is 0 Å². The highest BCUT2D eigenvalue weighted by Crippen LogP contribution is 2.29. The monoisotopic (exact) mass is 206 g/mol. The molecule has 0 saturated heterocycles. The van der Waals surface area contributed by atoms with E-state index in [1.54, 1.807) is 0 Å². The van der Waals surface area contributed by atoms with E-state index in [2.05, 4.69) is 0 Å². The van der Waals surface area contributed by atoms with E-state index in [-0.39, 0.29) is 5.56 Å². The second kappa shape index (κ2) is 3.98. The van der Waals surface area contributed by atoms with Crippen molar-refractivity contribution in [3.8, 4) is 0 Å². The largest absolute Gasteiger partial charge is 0.416 e. The van der Waals surface area contributed by atoms with Crippen molar-refractivity contribution >= 4 is 0 Å². The molecular weight excluding hydrogens is 197 g/mol.